The molecule has 1 saturated carbocycles. The van der Waals surface area contributed by atoms with Gasteiger partial charge in [-0.1, -0.05) is 0 Å². The monoisotopic (exact) mass is 157 g/mol. The minimum Gasteiger partial charge on any atom is -0.396 e. The molecule has 2 atom stereocenters. The van der Waals surface area contributed by atoms with Crippen molar-refractivity contribution in [3.8, 4) is 0 Å². The maximum absolute atomic E-state index is 10.6. The van der Waals surface area contributed by atoms with Crippen LogP contribution in [-0.4, -0.2) is 23.7 Å². The van der Waals surface area contributed by atoms with Gasteiger partial charge in [-0.2, -0.15) is 0 Å². The number of hydrogen-bond acceptors (Lipinski definition) is 2. The Hall–Kier alpha value is -0.570. The van der Waals surface area contributed by atoms with Crippen LogP contribution >= 0.6 is 0 Å². The Morgan fingerprint density at radius 3 is 2.82 bits per heavy atom. The number of aliphatic hydroxyl groups excluding tert-OH is 1. The van der Waals surface area contributed by atoms with Gasteiger partial charge >= 0.3 is 0 Å². The van der Waals surface area contributed by atoms with Gasteiger partial charge in [0.05, 0.1) is 0 Å². The molecule has 0 bridgehead atoms. The summed E-state index contributed by atoms with van der Waals surface area (Å²) >= 11 is 0. The van der Waals surface area contributed by atoms with E-state index in [2.05, 4.69) is 5.32 Å². The molecule has 2 N–H and O–H groups in total. The predicted molar refractivity (Wildman–Crippen MR) is 42.0 cm³/mol. The zero-order valence-electron chi connectivity index (χ0n) is 6.84. The van der Waals surface area contributed by atoms with Crippen molar-refractivity contribution in [1.82, 2.24) is 5.32 Å². The predicted octanol–water partition coefficient (Wildman–Crippen LogP) is 0.283. The lowest BCUT2D eigenvalue weighted by atomic mass is 10.1. The third-order valence-electron chi connectivity index (χ3n) is 2.21. The molecule has 0 heterocycles. The molecule has 0 saturated heterocycles. The molecule has 3 heteroatoms. The van der Waals surface area contributed by atoms with Crippen LogP contribution in [-0.2, 0) is 4.79 Å². The summed E-state index contributed by atoms with van der Waals surface area (Å²) in [5, 5.41) is 11.7. The van der Waals surface area contributed by atoms with Gasteiger partial charge in [-0.25, -0.2) is 0 Å². The molecular weight excluding hydrogens is 142 g/mol. The van der Waals surface area contributed by atoms with Gasteiger partial charge in [-0.3, -0.25) is 4.79 Å². The van der Waals surface area contributed by atoms with Crippen molar-refractivity contribution < 1.29 is 9.90 Å². The summed E-state index contributed by atoms with van der Waals surface area (Å²) in [4.78, 5) is 10.6. The largest absolute Gasteiger partial charge is 0.396 e. The maximum atomic E-state index is 10.6. The molecule has 0 spiro atoms. The standard InChI is InChI=1S/C8H15NO2/c1-6(11)9-8-3-2-7(4-8)5-10/h7-8,10H,2-5H2,1H3,(H,9,11). The van der Waals surface area contributed by atoms with Crippen molar-refractivity contribution in [3.63, 3.8) is 0 Å². The molecule has 2 unspecified atom stereocenters. The lowest BCUT2D eigenvalue weighted by Crippen LogP contribution is -2.30. The van der Waals surface area contributed by atoms with Crippen molar-refractivity contribution >= 4 is 5.91 Å². The van der Waals surface area contributed by atoms with Crippen molar-refractivity contribution in [1.29, 1.82) is 0 Å². The number of amides is 1. The maximum Gasteiger partial charge on any atom is 0.217 e. The van der Waals surface area contributed by atoms with Gasteiger partial charge in [0.25, 0.3) is 0 Å². The van der Waals surface area contributed by atoms with Crippen molar-refractivity contribution in [2.45, 2.75) is 32.2 Å². The molecule has 0 aromatic carbocycles. The molecule has 11 heavy (non-hydrogen) atoms. The van der Waals surface area contributed by atoms with E-state index in [0.717, 1.165) is 19.3 Å². The number of hydrogen-bond donors (Lipinski definition) is 2. The van der Waals surface area contributed by atoms with Gasteiger partial charge in [0.15, 0.2) is 0 Å². The first kappa shape index (κ1) is 8.53. The molecule has 3 nitrogen and oxygen atoms in total. The first-order valence-corrected chi connectivity index (χ1v) is 4.10. The van der Waals surface area contributed by atoms with Crippen LogP contribution in [0.5, 0.6) is 0 Å². The highest BCUT2D eigenvalue weighted by Crippen LogP contribution is 2.24. The zero-order valence-corrected chi connectivity index (χ0v) is 6.84. The van der Waals surface area contributed by atoms with E-state index in [0.29, 0.717) is 12.0 Å². The van der Waals surface area contributed by atoms with Crippen LogP contribution < -0.4 is 5.32 Å². The van der Waals surface area contributed by atoms with Crippen LogP contribution in [0.3, 0.4) is 0 Å². The number of nitrogens with one attached hydrogen (secondary N) is 1. The van der Waals surface area contributed by atoms with Crippen molar-refractivity contribution in [2.75, 3.05) is 6.61 Å². The second kappa shape index (κ2) is 3.72. The fourth-order valence-electron chi connectivity index (χ4n) is 1.66. The molecule has 1 amide bonds. The SMILES string of the molecule is CC(=O)NC1CCC(CO)C1. The average molecular weight is 157 g/mol. The Morgan fingerprint density at radius 2 is 2.36 bits per heavy atom. The van der Waals surface area contributed by atoms with E-state index < -0.39 is 0 Å². The fourth-order valence-corrected chi connectivity index (χ4v) is 1.66. The van der Waals surface area contributed by atoms with Crippen LogP contribution in [0.1, 0.15) is 26.2 Å². The highest BCUT2D eigenvalue weighted by Gasteiger charge is 2.23. The summed E-state index contributed by atoms with van der Waals surface area (Å²) in [7, 11) is 0. The van der Waals surface area contributed by atoms with E-state index in [1.54, 1.807) is 0 Å². The topological polar surface area (TPSA) is 49.3 Å². The lowest BCUT2D eigenvalue weighted by molar-refractivity contribution is -0.119. The van der Waals surface area contributed by atoms with Gasteiger partial charge in [-0.15, -0.1) is 0 Å². The van der Waals surface area contributed by atoms with E-state index in [4.69, 9.17) is 5.11 Å². The molecule has 0 radical (unpaired) electrons. The first-order chi connectivity index (χ1) is 5.22. The van der Waals surface area contributed by atoms with Gasteiger partial charge in [0.1, 0.15) is 0 Å². The van der Waals surface area contributed by atoms with Crippen molar-refractivity contribution in [2.24, 2.45) is 5.92 Å². The molecule has 1 fully saturated rings. The molecule has 0 aromatic heterocycles. The Labute approximate surface area is 66.8 Å². The highest BCUT2D eigenvalue weighted by atomic mass is 16.3. The molecule has 1 aliphatic rings. The normalized spacial score (nSPS) is 30.4. The summed E-state index contributed by atoms with van der Waals surface area (Å²) in [6.45, 7) is 1.79. The number of rotatable bonds is 2. The smallest absolute Gasteiger partial charge is 0.217 e. The molecule has 64 valence electrons. The van der Waals surface area contributed by atoms with Gasteiger partial charge in [0.2, 0.25) is 5.91 Å². The molecule has 0 aromatic rings. The Morgan fingerprint density at radius 1 is 1.64 bits per heavy atom. The van der Waals surface area contributed by atoms with E-state index >= 15 is 0 Å². The quantitative estimate of drug-likeness (QED) is 0.605. The first-order valence-electron chi connectivity index (χ1n) is 4.10. The Balaban J connectivity index is 2.24. The summed E-state index contributed by atoms with van der Waals surface area (Å²) < 4.78 is 0. The second-order valence-corrected chi connectivity index (χ2v) is 3.26. The minimum absolute atomic E-state index is 0.0357. The lowest BCUT2D eigenvalue weighted by Gasteiger charge is -2.09. The molecule has 1 rings (SSSR count). The van der Waals surface area contributed by atoms with E-state index in [9.17, 15) is 4.79 Å². The van der Waals surface area contributed by atoms with Gasteiger partial charge in [0, 0.05) is 19.6 Å². The summed E-state index contributed by atoms with van der Waals surface area (Å²) in [5.41, 5.74) is 0. The van der Waals surface area contributed by atoms with Crippen LogP contribution in [0.2, 0.25) is 0 Å². The minimum atomic E-state index is 0.0357. The second-order valence-electron chi connectivity index (χ2n) is 3.26. The Bertz CT molecular complexity index is 147. The molecular formula is C8H15NO2. The van der Waals surface area contributed by atoms with E-state index in [1.165, 1.54) is 6.92 Å². The Kier molecular flexibility index (Phi) is 2.88. The van der Waals surface area contributed by atoms with Crippen LogP contribution in [0.25, 0.3) is 0 Å². The van der Waals surface area contributed by atoms with E-state index in [-0.39, 0.29) is 12.5 Å². The zero-order chi connectivity index (χ0) is 8.27. The van der Waals surface area contributed by atoms with Gasteiger partial charge in [-0.05, 0) is 25.2 Å². The third-order valence-corrected chi connectivity index (χ3v) is 2.21. The van der Waals surface area contributed by atoms with Crippen LogP contribution in [0.15, 0.2) is 0 Å². The highest BCUT2D eigenvalue weighted by molar-refractivity contribution is 5.73. The van der Waals surface area contributed by atoms with Gasteiger partial charge < -0.3 is 10.4 Å². The fraction of sp³-hybridized carbons (Fsp3) is 0.875. The third kappa shape index (κ3) is 2.50. The summed E-state index contributed by atoms with van der Waals surface area (Å²) in [6.07, 6.45) is 3.00. The van der Waals surface area contributed by atoms with Crippen molar-refractivity contribution in [3.05, 3.63) is 0 Å². The van der Waals surface area contributed by atoms with Crippen LogP contribution in [0.4, 0.5) is 0 Å². The number of carbonyl (C=O) groups excluding carboxylic acids is 1. The summed E-state index contributed by atoms with van der Waals surface area (Å²) in [5.74, 6) is 0.445. The van der Waals surface area contributed by atoms with Crippen LogP contribution in [0, 0.1) is 5.92 Å². The number of carbonyl (C=O) groups is 1. The molecule has 1 aliphatic carbocycles. The average Bonchev–Trinajstić information content (AvgIpc) is 2.34. The summed E-state index contributed by atoms with van der Waals surface area (Å²) in [6, 6.07) is 0.310. The van der Waals surface area contributed by atoms with E-state index in [1.807, 2.05) is 0 Å². The number of aliphatic hydroxyl groups is 1. The molecule has 0 aliphatic heterocycles.